The van der Waals surface area contributed by atoms with Crippen molar-refractivity contribution < 1.29 is 26.3 Å². The predicted molar refractivity (Wildman–Crippen MR) is 39.1 cm³/mol. The third kappa shape index (κ3) is 3.36. The fourth-order valence-electron chi connectivity index (χ4n) is 0.449. The molecule has 0 bridgehead atoms. The van der Waals surface area contributed by atoms with E-state index in [9.17, 15) is 26.3 Å². The van der Waals surface area contributed by atoms with Gasteiger partial charge in [-0.2, -0.15) is 26.3 Å². The van der Waals surface area contributed by atoms with Crippen molar-refractivity contribution in [1.82, 2.24) is 0 Å². The molecule has 0 aliphatic rings. The Balaban J connectivity index is 4.41. The molecule has 7 heteroatoms. The van der Waals surface area contributed by atoms with E-state index in [2.05, 4.69) is 0 Å². The second-order valence-electron chi connectivity index (χ2n) is 2.27. The first kappa shape index (κ1) is 12.3. The molecule has 0 saturated heterocycles. The second kappa shape index (κ2) is 3.59. The van der Waals surface area contributed by atoms with Crippen molar-refractivity contribution in [3.63, 3.8) is 0 Å². The first-order chi connectivity index (χ1) is 5.07. The molecule has 0 fully saturated rings. The molecular formula is C5H5F6I. The zero-order valence-corrected chi connectivity index (χ0v) is 7.96. The standard InChI is InChI=1S/C5H5F6I/c1-2(4(6,7)8)3(12)5(9,10)11/h2-3H,1H3/t2-,3-/m1/s1. The molecular weight excluding hydrogens is 301 g/mol. The lowest BCUT2D eigenvalue weighted by atomic mass is 10.1. The van der Waals surface area contributed by atoms with Crippen LogP contribution in [0.4, 0.5) is 26.3 Å². The topological polar surface area (TPSA) is 0 Å². The van der Waals surface area contributed by atoms with Gasteiger partial charge in [0, 0.05) is 0 Å². The maximum absolute atomic E-state index is 11.7. The fourth-order valence-corrected chi connectivity index (χ4v) is 0.857. The lowest BCUT2D eigenvalue weighted by Crippen LogP contribution is -2.37. The number of hydrogen-bond donors (Lipinski definition) is 0. The van der Waals surface area contributed by atoms with Crippen molar-refractivity contribution in [3.05, 3.63) is 0 Å². The molecule has 0 aromatic rings. The number of hydrogen-bond acceptors (Lipinski definition) is 0. The van der Waals surface area contributed by atoms with Crippen molar-refractivity contribution in [2.45, 2.75) is 23.2 Å². The van der Waals surface area contributed by atoms with Gasteiger partial charge in [0.25, 0.3) is 0 Å². The Morgan fingerprint density at radius 3 is 1.33 bits per heavy atom. The van der Waals surface area contributed by atoms with E-state index in [0.717, 1.165) is 22.6 Å². The smallest absolute Gasteiger partial charge is 0.171 e. The molecule has 0 N–H and O–H groups in total. The Morgan fingerprint density at radius 1 is 0.917 bits per heavy atom. The quantitative estimate of drug-likeness (QED) is 0.395. The Kier molecular flexibility index (Phi) is 3.68. The minimum atomic E-state index is -4.80. The van der Waals surface area contributed by atoms with Crippen LogP contribution in [0.1, 0.15) is 6.92 Å². The van der Waals surface area contributed by atoms with Gasteiger partial charge in [0.1, 0.15) is 3.92 Å². The van der Waals surface area contributed by atoms with Gasteiger partial charge in [0.05, 0.1) is 5.92 Å². The van der Waals surface area contributed by atoms with Crippen molar-refractivity contribution in [2.24, 2.45) is 5.92 Å². The van der Waals surface area contributed by atoms with Crippen LogP contribution in [0.2, 0.25) is 0 Å². The second-order valence-corrected chi connectivity index (χ2v) is 3.62. The first-order valence-electron chi connectivity index (χ1n) is 2.84. The average Bonchev–Trinajstić information content (AvgIpc) is 1.80. The van der Waals surface area contributed by atoms with E-state index in [-0.39, 0.29) is 0 Å². The van der Waals surface area contributed by atoms with Gasteiger partial charge in [0.2, 0.25) is 0 Å². The minimum absolute atomic E-state index is 0.518. The van der Waals surface area contributed by atoms with Gasteiger partial charge in [0.15, 0.2) is 0 Å². The van der Waals surface area contributed by atoms with Crippen LogP contribution in [0.15, 0.2) is 0 Å². The van der Waals surface area contributed by atoms with Crippen molar-refractivity contribution in [2.75, 3.05) is 0 Å². The fraction of sp³-hybridized carbons (Fsp3) is 1.00. The van der Waals surface area contributed by atoms with Crippen LogP contribution in [-0.2, 0) is 0 Å². The van der Waals surface area contributed by atoms with Crippen molar-refractivity contribution in [3.8, 4) is 0 Å². The molecule has 0 rings (SSSR count). The summed E-state index contributed by atoms with van der Waals surface area (Å²) in [7, 11) is 0. The summed E-state index contributed by atoms with van der Waals surface area (Å²) in [6.45, 7) is 0.518. The number of halogens is 7. The molecule has 74 valence electrons. The van der Waals surface area contributed by atoms with E-state index < -0.39 is 22.2 Å². The molecule has 0 aromatic carbocycles. The number of alkyl halides is 7. The summed E-state index contributed by atoms with van der Waals surface area (Å²) in [6.07, 6.45) is -9.59. The summed E-state index contributed by atoms with van der Waals surface area (Å²) in [6, 6.07) is 0. The van der Waals surface area contributed by atoms with E-state index in [0.29, 0.717) is 6.92 Å². The first-order valence-corrected chi connectivity index (χ1v) is 4.09. The molecule has 0 radical (unpaired) electrons. The van der Waals surface area contributed by atoms with E-state index in [4.69, 9.17) is 0 Å². The predicted octanol–water partition coefficient (Wildman–Crippen LogP) is 3.55. The molecule has 0 spiro atoms. The van der Waals surface area contributed by atoms with Crippen LogP contribution in [0, 0.1) is 5.92 Å². The average molecular weight is 306 g/mol. The summed E-state index contributed by atoms with van der Waals surface area (Å²) in [5.41, 5.74) is 0. The molecule has 0 heterocycles. The van der Waals surface area contributed by atoms with Gasteiger partial charge in [-0.3, -0.25) is 0 Å². The van der Waals surface area contributed by atoms with Crippen LogP contribution in [0.25, 0.3) is 0 Å². The third-order valence-electron chi connectivity index (χ3n) is 1.27. The molecule has 0 aliphatic heterocycles. The maximum atomic E-state index is 11.7. The van der Waals surface area contributed by atoms with Gasteiger partial charge in [-0.15, -0.1) is 0 Å². The van der Waals surface area contributed by atoms with Crippen LogP contribution >= 0.6 is 22.6 Å². The highest BCUT2D eigenvalue weighted by Crippen LogP contribution is 2.40. The molecule has 0 amide bonds. The zero-order chi connectivity index (χ0) is 10.2. The minimum Gasteiger partial charge on any atom is -0.171 e. The SMILES string of the molecule is C[C@H]([C@@H](I)C(F)(F)F)C(F)(F)F. The van der Waals surface area contributed by atoms with E-state index in [1.165, 1.54) is 0 Å². The summed E-state index contributed by atoms with van der Waals surface area (Å²) >= 11 is 0.755. The largest absolute Gasteiger partial charge is 0.401 e. The molecule has 0 nitrogen and oxygen atoms in total. The Hall–Kier alpha value is 0.310. The van der Waals surface area contributed by atoms with E-state index in [1.807, 2.05) is 0 Å². The Labute approximate surface area is 78.5 Å². The van der Waals surface area contributed by atoms with Gasteiger partial charge in [-0.05, 0) is 0 Å². The molecule has 0 saturated carbocycles. The van der Waals surface area contributed by atoms with Crippen LogP contribution in [0.3, 0.4) is 0 Å². The maximum Gasteiger partial charge on any atom is 0.401 e. The lowest BCUT2D eigenvalue weighted by molar-refractivity contribution is -0.206. The van der Waals surface area contributed by atoms with Crippen molar-refractivity contribution in [1.29, 1.82) is 0 Å². The molecule has 0 aliphatic carbocycles. The van der Waals surface area contributed by atoms with E-state index in [1.54, 1.807) is 0 Å². The van der Waals surface area contributed by atoms with E-state index >= 15 is 0 Å². The normalized spacial score (nSPS) is 19.0. The highest BCUT2D eigenvalue weighted by Gasteiger charge is 2.51. The van der Waals surface area contributed by atoms with Gasteiger partial charge < -0.3 is 0 Å². The molecule has 2 atom stereocenters. The summed E-state index contributed by atoms with van der Waals surface area (Å²) in [5, 5.41) is 0. The van der Waals surface area contributed by atoms with Crippen LogP contribution in [-0.4, -0.2) is 16.3 Å². The third-order valence-corrected chi connectivity index (χ3v) is 3.05. The Morgan fingerprint density at radius 2 is 1.25 bits per heavy atom. The summed E-state index contributed by atoms with van der Waals surface area (Å²) in [5.74, 6) is -2.36. The van der Waals surface area contributed by atoms with Crippen molar-refractivity contribution >= 4 is 22.6 Å². The molecule has 0 aromatic heterocycles. The number of rotatable bonds is 1. The molecule has 12 heavy (non-hydrogen) atoms. The summed E-state index contributed by atoms with van der Waals surface area (Å²) in [4.78, 5) is 0. The zero-order valence-electron chi connectivity index (χ0n) is 5.80. The van der Waals surface area contributed by atoms with Crippen LogP contribution < -0.4 is 0 Å². The van der Waals surface area contributed by atoms with Crippen LogP contribution in [0.5, 0.6) is 0 Å². The van der Waals surface area contributed by atoms with Gasteiger partial charge in [-0.1, -0.05) is 29.5 Å². The summed E-state index contributed by atoms with van der Waals surface area (Å²) < 4.78 is 68.0. The lowest BCUT2D eigenvalue weighted by Gasteiger charge is -2.23. The van der Waals surface area contributed by atoms with Gasteiger partial charge in [-0.25, -0.2) is 0 Å². The monoisotopic (exact) mass is 306 g/mol. The highest BCUT2D eigenvalue weighted by atomic mass is 127. The Bertz CT molecular complexity index is 129. The van der Waals surface area contributed by atoms with Gasteiger partial charge >= 0.3 is 12.4 Å². The highest BCUT2D eigenvalue weighted by molar-refractivity contribution is 14.1. The molecule has 0 unspecified atom stereocenters.